The molecule has 24 heavy (non-hydrogen) atoms. The van der Waals surface area contributed by atoms with Gasteiger partial charge in [-0.2, -0.15) is 0 Å². The molecule has 0 fully saturated rings. The van der Waals surface area contributed by atoms with Crippen molar-refractivity contribution < 1.29 is 5.11 Å². The standard InChI is InChI=1S/C21H24N2O/c1-14-10-20-19(15(2)12-21(3,4)23(20)5)11-16(14)13-22-17-6-8-18(24)9-7-17/h6-13,24H,1-5H3. The molecule has 0 radical (unpaired) electrons. The van der Waals surface area contributed by atoms with E-state index < -0.39 is 0 Å². The molecule has 1 heterocycles. The minimum Gasteiger partial charge on any atom is -0.508 e. The number of phenols is 1. The summed E-state index contributed by atoms with van der Waals surface area (Å²) >= 11 is 0. The second-order valence-corrected chi connectivity index (χ2v) is 7.04. The summed E-state index contributed by atoms with van der Waals surface area (Å²) in [5, 5.41) is 9.35. The molecule has 3 rings (SSSR count). The predicted molar refractivity (Wildman–Crippen MR) is 103 cm³/mol. The van der Waals surface area contributed by atoms with Crippen LogP contribution >= 0.6 is 0 Å². The van der Waals surface area contributed by atoms with Crippen molar-refractivity contribution in [3.8, 4) is 5.75 Å². The van der Waals surface area contributed by atoms with Crippen LogP contribution < -0.4 is 4.90 Å². The molecule has 2 aromatic rings. The molecule has 2 aromatic carbocycles. The Labute approximate surface area is 144 Å². The van der Waals surface area contributed by atoms with E-state index in [-0.39, 0.29) is 11.3 Å². The number of aromatic hydroxyl groups is 1. The minimum atomic E-state index is 0.0190. The maximum atomic E-state index is 9.35. The highest BCUT2D eigenvalue weighted by Crippen LogP contribution is 2.39. The smallest absolute Gasteiger partial charge is 0.115 e. The summed E-state index contributed by atoms with van der Waals surface area (Å²) in [4.78, 5) is 6.85. The highest BCUT2D eigenvalue weighted by Gasteiger charge is 2.28. The Balaban J connectivity index is 2.00. The van der Waals surface area contributed by atoms with E-state index in [0.717, 1.165) is 11.3 Å². The van der Waals surface area contributed by atoms with Crippen molar-refractivity contribution in [3.63, 3.8) is 0 Å². The summed E-state index contributed by atoms with van der Waals surface area (Å²) in [6, 6.07) is 11.4. The van der Waals surface area contributed by atoms with E-state index in [4.69, 9.17) is 0 Å². The van der Waals surface area contributed by atoms with Gasteiger partial charge in [0.15, 0.2) is 0 Å². The lowest BCUT2D eigenvalue weighted by atomic mass is 9.87. The summed E-state index contributed by atoms with van der Waals surface area (Å²) in [6.45, 7) is 8.75. The number of aliphatic imine (C=N–C) groups is 1. The van der Waals surface area contributed by atoms with Gasteiger partial charge >= 0.3 is 0 Å². The molecular weight excluding hydrogens is 296 g/mol. The number of allylic oxidation sites excluding steroid dienone is 1. The van der Waals surface area contributed by atoms with E-state index in [1.54, 1.807) is 24.3 Å². The molecule has 1 aliphatic heterocycles. The van der Waals surface area contributed by atoms with Crippen molar-refractivity contribution in [1.82, 2.24) is 0 Å². The van der Waals surface area contributed by atoms with Gasteiger partial charge in [0.2, 0.25) is 0 Å². The minimum absolute atomic E-state index is 0.0190. The Morgan fingerprint density at radius 2 is 1.75 bits per heavy atom. The van der Waals surface area contributed by atoms with Gasteiger partial charge < -0.3 is 10.0 Å². The molecular formula is C21H24N2O. The van der Waals surface area contributed by atoms with Gasteiger partial charge in [0.05, 0.1) is 11.2 Å². The number of aryl methyl sites for hydroxylation is 1. The zero-order valence-corrected chi connectivity index (χ0v) is 15.0. The Kier molecular flexibility index (Phi) is 3.96. The Hall–Kier alpha value is -2.55. The van der Waals surface area contributed by atoms with Gasteiger partial charge in [-0.05, 0) is 80.8 Å². The van der Waals surface area contributed by atoms with Crippen molar-refractivity contribution in [2.24, 2.45) is 4.99 Å². The maximum absolute atomic E-state index is 9.35. The average molecular weight is 320 g/mol. The lowest BCUT2D eigenvalue weighted by Gasteiger charge is -2.41. The maximum Gasteiger partial charge on any atom is 0.115 e. The topological polar surface area (TPSA) is 35.8 Å². The number of rotatable bonds is 2. The van der Waals surface area contributed by atoms with E-state index >= 15 is 0 Å². The first-order chi connectivity index (χ1) is 11.3. The summed E-state index contributed by atoms with van der Waals surface area (Å²) in [5.41, 5.74) is 6.98. The van der Waals surface area contributed by atoms with E-state index in [0.29, 0.717) is 0 Å². The number of hydrogen-bond acceptors (Lipinski definition) is 3. The number of benzene rings is 2. The van der Waals surface area contributed by atoms with Crippen LogP contribution in [0.25, 0.3) is 5.57 Å². The van der Waals surface area contributed by atoms with Crippen LogP contribution in [0.4, 0.5) is 11.4 Å². The number of nitrogens with zero attached hydrogens (tertiary/aromatic N) is 2. The number of hydrogen-bond donors (Lipinski definition) is 1. The monoisotopic (exact) mass is 320 g/mol. The van der Waals surface area contributed by atoms with E-state index in [1.165, 1.54) is 22.4 Å². The molecule has 0 spiro atoms. The molecule has 3 nitrogen and oxygen atoms in total. The van der Waals surface area contributed by atoms with Crippen LogP contribution in [0.2, 0.25) is 0 Å². The third-order valence-electron chi connectivity index (χ3n) is 4.81. The first kappa shape index (κ1) is 16.3. The fourth-order valence-corrected chi connectivity index (χ4v) is 3.14. The quantitative estimate of drug-likeness (QED) is 0.783. The molecule has 0 aliphatic carbocycles. The Morgan fingerprint density at radius 1 is 1.08 bits per heavy atom. The summed E-state index contributed by atoms with van der Waals surface area (Å²) < 4.78 is 0. The molecule has 0 atom stereocenters. The van der Waals surface area contributed by atoms with Crippen LogP contribution in [-0.2, 0) is 0 Å². The van der Waals surface area contributed by atoms with Gasteiger partial charge in [0.25, 0.3) is 0 Å². The Bertz CT molecular complexity index is 830. The molecule has 0 amide bonds. The van der Waals surface area contributed by atoms with Crippen molar-refractivity contribution in [3.05, 3.63) is 59.2 Å². The number of phenolic OH excluding ortho intramolecular Hbond substituents is 1. The SMILES string of the molecule is CC1=CC(C)(C)N(C)c2cc(C)c(C=Nc3ccc(O)cc3)cc21. The molecule has 1 aliphatic rings. The molecule has 0 bridgehead atoms. The zero-order valence-electron chi connectivity index (χ0n) is 15.0. The van der Waals surface area contributed by atoms with Crippen LogP contribution in [-0.4, -0.2) is 23.9 Å². The average Bonchev–Trinajstić information content (AvgIpc) is 2.52. The van der Waals surface area contributed by atoms with Crippen LogP contribution in [0.5, 0.6) is 5.75 Å². The van der Waals surface area contributed by atoms with Crippen molar-refractivity contribution in [1.29, 1.82) is 0 Å². The normalized spacial score (nSPS) is 16.2. The van der Waals surface area contributed by atoms with Gasteiger partial charge in [-0.25, -0.2) is 0 Å². The van der Waals surface area contributed by atoms with Gasteiger partial charge in [0.1, 0.15) is 5.75 Å². The molecule has 0 aromatic heterocycles. The van der Waals surface area contributed by atoms with Crippen LogP contribution in [0.1, 0.15) is 37.5 Å². The van der Waals surface area contributed by atoms with E-state index in [2.05, 4.69) is 62.8 Å². The number of likely N-dealkylation sites (N-methyl/N-ethyl adjacent to an activating group) is 1. The molecule has 1 N–H and O–H groups in total. The van der Waals surface area contributed by atoms with Crippen molar-refractivity contribution in [2.75, 3.05) is 11.9 Å². The lowest BCUT2D eigenvalue weighted by molar-refractivity contribution is 0.475. The third-order valence-corrected chi connectivity index (χ3v) is 4.81. The Morgan fingerprint density at radius 3 is 2.42 bits per heavy atom. The first-order valence-electron chi connectivity index (χ1n) is 8.19. The molecule has 0 unspecified atom stereocenters. The predicted octanol–water partition coefficient (Wildman–Crippen LogP) is 5.08. The van der Waals surface area contributed by atoms with Gasteiger partial charge in [0, 0.05) is 24.5 Å². The number of anilines is 1. The lowest BCUT2D eigenvalue weighted by Crippen LogP contribution is -2.42. The van der Waals surface area contributed by atoms with Crippen LogP contribution in [0.15, 0.2) is 47.5 Å². The van der Waals surface area contributed by atoms with Gasteiger partial charge in [-0.1, -0.05) is 6.08 Å². The fourth-order valence-electron chi connectivity index (χ4n) is 3.14. The molecule has 0 saturated carbocycles. The second-order valence-electron chi connectivity index (χ2n) is 7.04. The summed E-state index contributed by atoms with van der Waals surface area (Å²) in [7, 11) is 2.14. The highest BCUT2D eigenvalue weighted by atomic mass is 16.3. The first-order valence-corrected chi connectivity index (χ1v) is 8.19. The van der Waals surface area contributed by atoms with Crippen LogP contribution in [0, 0.1) is 6.92 Å². The third kappa shape index (κ3) is 2.94. The zero-order chi connectivity index (χ0) is 17.5. The molecule has 124 valence electrons. The van der Waals surface area contributed by atoms with Gasteiger partial charge in [-0.3, -0.25) is 4.99 Å². The second kappa shape index (κ2) is 5.82. The summed E-state index contributed by atoms with van der Waals surface area (Å²) in [6.07, 6.45) is 4.21. The van der Waals surface area contributed by atoms with E-state index in [9.17, 15) is 5.11 Å². The van der Waals surface area contributed by atoms with Crippen molar-refractivity contribution in [2.45, 2.75) is 33.2 Å². The highest BCUT2D eigenvalue weighted by molar-refractivity contribution is 5.90. The molecule has 0 saturated heterocycles. The largest absolute Gasteiger partial charge is 0.508 e. The van der Waals surface area contributed by atoms with Crippen molar-refractivity contribution >= 4 is 23.2 Å². The molecule has 3 heteroatoms. The summed E-state index contributed by atoms with van der Waals surface area (Å²) in [5.74, 6) is 0.255. The van der Waals surface area contributed by atoms with E-state index in [1.807, 2.05) is 6.21 Å². The fraction of sp³-hybridized carbons (Fsp3) is 0.286. The number of fused-ring (bicyclic) bond motifs is 1. The van der Waals surface area contributed by atoms with Crippen LogP contribution in [0.3, 0.4) is 0 Å². The van der Waals surface area contributed by atoms with Gasteiger partial charge in [-0.15, -0.1) is 0 Å².